The van der Waals surface area contributed by atoms with E-state index in [0.29, 0.717) is 19.6 Å². The van der Waals surface area contributed by atoms with Crippen molar-refractivity contribution in [3.63, 3.8) is 0 Å². The maximum absolute atomic E-state index is 12.4. The summed E-state index contributed by atoms with van der Waals surface area (Å²) in [5, 5.41) is 6.92. The van der Waals surface area contributed by atoms with Crippen molar-refractivity contribution in [1.29, 1.82) is 0 Å². The third-order valence-electron chi connectivity index (χ3n) is 4.05. The van der Waals surface area contributed by atoms with Gasteiger partial charge in [0.2, 0.25) is 5.91 Å². The lowest BCUT2D eigenvalue weighted by Gasteiger charge is -2.35. The molecule has 8 heteroatoms. The van der Waals surface area contributed by atoms with Gasteiger partial charge in [0.25, 0.3) is 0 Å². The van der Waals surface area contributed by atoms with Crippen LogP contribution in [0, 0.1) is 0 Å². The van der Waals surface area contributed by atoms with Gasteiger partial charge < -0.3 is 15.1 Å². The van der Waals surface area contributed by atoms with Crippen LogP contribution in [0.25, 0.3) is 0 Å². The standard InChI is InChI=1S/C13H20N6O2/c20-12(8-18-6-2-4-15-13(18)21)17-5-1-3-11(7-17)19-10-14-9-16-19/h9-11H,1-8H2,(H,15,21)/t11-/m1/s1. The van der Waals surface area contributed by atoms with Crippen molar-refractivity contribution in [3.8, 4) is 0 Å². The molecule has 0 spiro atoms. The Morgan fingerprint density at radius 3 is 3.05 bits per heavy atom. The van der Waals surface area contributed by atoms with Crippen LogP contribution in [0.3, 0.4) is 0 Å². The highest BCUT2D eigenvalue weighted by Gasteiger charge is 2.28. The van der Waals surface area contributed by atoms with Gasteiger partial charge in [-0.15, -0.1) is 0 Å². The largest absolute Gasteiger partial charge is 0.339 e. The molecule has 1 aromatic heterocycles. The van der Waals surface area contributed by atoms with Crippen LogP contribution in [0.4, 0.5) is 4.79 Å². The van der Waals surface area contributed by atoms with Crippen LogP contribution < -0.4 is 5.32 Å². The number of amides is 3. The van der Waals surface area contributed by atoms with E-state index in [9.17, 15) is 9.59 Å². The van der Waals surface area contributed by atoms with E-state index in [1.165, 1.54) is 6.33 Å². The Morgan fingerprint density at radius 1 is 1.38 bits per heavy atom. The summed E-state index contributed by atoms with van der Waals surface area (Å²) in [4.78, 5) is 31.4. The molecule has 0 aliphatic carbocycles. The monoisotopic (exact) mass is 292 g/mol. The van der Waals surface area contributed by atoms with Gasteiger partial charge in [0, 0.05) is 26.2 Å². The van der Waals surface area contributed by atoms with Crippen molar-refractivity contribution in [3.05, 3.63) is 12.7 Å². The van der Waals surface area contributed by atoms with Crippen molar-refractivity contribution in [1.82, 2.24) is 29.9 Å². The summed E-state index contributed by atoms with van der Waals surface area (Å²) in [6, 6.07) is 0.0415. The number of rotatable bonds is 3. The minimum Gasteiger partial charge on any atom is -0.339 e. The molecule has 8 nitrogen and oxygen atoms in total. The number of hydrogen-bond acceptors (Lipinski definition) is 4. The molecule has 0 bridgehead atoms. The van der Waals surface area contributed by atoms with Gasteiger partial charge in [-0.05, 0) is 19.3 Å². The van der Waals surface area contributed by atoms with Crippen LogP contribution in [0.15, 0.2) is 12.7 Å². The second-order valence-electron chi connectivity index (χ2n) is 5.52. The summed E-state index contributed by atoms with van der Waals surface area (Å²) in [7, 11) is 0. The molecule has 0 radical (unpaired) electrons. The SMILES string of the molecule is O=C(CN1CCCNC1=O)N1CCC[C@@H](n2cncn2)C1. The fourth-order valence-electron chi connectivity index (χ4n) is 2.90. The van der Waals surface area contributed by atoms with Crippen LogP contribution in [0.1, 0.15) is 25.3 Å². The Bertz CT molecular complexity index is 503. The number of piperidine rings is 1. The lowest BCUT2D eigenvalue weighted by molar-refractivity contribution is -0.133. The lowest BCUT2D eigenvalue weighted by atomic mass is 10.1. The lowest BCUT2D eigenvalue weighted by Crippen LogP contribution is -2.52. The molecule has 3 rings (SSSR count). The third-order valence-corrected chi connectivity index (χ3v) is 4.05. The van der Waals surface area contributed by atoms with E-state index in [1.807, 2.05) is 9.58 Å². The van der Waals surface area contributed by atoms with Gasteiger partial charge >= 0.3 is 6.03 Å². The number of carbonyl (C=O) groups excluding carboxylic acids is 2. The van der Waals surface area contributed by atoms with E-state index in [-0.39, 0.29) is 24.5 Å². The highest BCUT2D eigenvalue weighted by molar-refractivity contribution is 5.84. The molecule has 2 aliphatic rings. The highest BCUT2D eigenvalue weighted by Crippen LogP contribution is 2.20. The maximum atomic E-state index is 12.4. The Balaban J connectivity index is 1.58. The van der Waals surface area contributed by atoms with Gasteiger partial charge in [-0.25, -0.2) is 14.5 Å². The van der Waals surface area contributed by atoms with Crippen LogP contribution in [0.5, 0.6) is 0 Å². The smallest absolute Gasteiger partial charge is 0.317 e. The zero-order valence-corrected chi connectivity index (χ0v) is 11.9. The van der Waals surface area contributed by atoms with E-state index in [1.54, 1.807) is 11.2 Å². The van der Waals surface area contributed by atoms with Gasteiger partial charge in [-0.1, -0.05) is 0 Å². The van der Waals surface area contributed by atoms with Crippen molar-refractivity contribution in [2.75, 3.05) is 32.7 Å². The maximum Gasteiger partial charge on any atom is 0.317 e. The van der Waals surface area contributed by atoms with Crippen LogP contribution >= 0.6 is 0 Å². The minimum atomic E-state index is -0.139. The number of likely N-dealkylation sites (tertiary alicyclic amines) is 1. The van der Waals surface area contributed by atoms with E-state index >= 15 is 0 Å². The Hall–Kier alpha value is -2.12. The summed E-state index contributed by atoms with van der Waals surface area (Å²) < 4.78 is 1.81. The molecule has 3 heterocycles. The Kier molecular flexibility index (Phi) is 4.03. The topological polar surface area (TPSA) is 83.4 Å². The van der Waals surface area contributed by atoms with Crippen molar-refractivity contribution >= 4 is 11.9 Å². The molecule has 2 saturated heterocycles. The Labute approximate surface area is 123 Å². The van der Waals surface area contributed by atoms with E-state index in [4.69, 9.17) is 0 Å². The summed E-state index contributed by atoms with van der Waals surface area (Å²) >= 11 is 0. The van der Waals surface area contributed by atoms with Crippen LogP contribution in [-0.2, 0) is 4.79 Å². The second kappa shape index (κ2) is 6.11. The molecule has 0 saturated carbocycles. The average molecular weight is 292 g/mol. The number of aromatic nitrogens is 3. The number of nitrogens with zero attached hydrogens (tertiary/aromatic N) is 5. The van der Waals surface area contributed by atoms with Gasteiger partial charge in [-0.2, -0.15) is 5.10 Å². The molecule has 114 valence electrons. The molecule has 1 aromatic rings. The first-order valence-corrected chi connectivity index (χ1v) is 7.38. The first-order valence-electron chi connectivity index (χ1n) is 7.38. The van der Waals surface area contributed by atoms with Gasteiger partial charge in [-0.3, -0.25) is 4.79 Å². The molecule has 1 N–H and O–H groups in total. The summed E-state index contributed by atoms with van der Waals surface area (Å²) in [6.45, 7) is 2.90. The zero-order valence-electron chi connectivity index (χ0n) is 11.9. The molecular weight excluding hydrogens is 272 g/mol. The molecule has 0 aromatic carbocycles. The van der Waals surface area contributed by atoms with Crippen molar-refractivity contribution in [2.24, 2.45) is 0 Å². The van der Waals surface area contributed by atoms with Crippen LogP contribution in [0.2, 0.25) is 0 Å². The van der Waals surface area contributed by atoms with Gasteiger partial charge in [0.1, 0.15) is 19.2 Å². The van der Waals surface area contributed by atoms with E-state index < -0.39 is 0 Å². The summed E-state index contributed by atoms with van der Waals surface area (Å²) in [5.41, 5.74) is 0. The summed E-state index contributed by atoms with van der Waals surface area (Å²) in [6.07, 6.45) is 6.04. The average Bonchev–Trinajstić information content (AvgIpc) is 3.04. The predicted octanol–water partition coefficient (Wildman–Crippen LogP) is -0.143. The van der Waals surface area contributed by atoms with Crippen molar-refractivity contribution in [2.45, 2.75) is 25.3 Å². The zero-order chi connectivity index (χ0) is 14.7. The summed E-state index contributed by atoms with van der Waals surface area (Å²) in [5.74, 6) is 0.0110. The second-order valence-corrected chi connectivity index (χ2v) is 5.52. The number of hydrogen-bond donors (Lipinski definition) is 1. The Morgan fingerprint density at radius 2 is 2.29 bits per heavy atom. The number of carbonyl (C=O) groups is 2. The molecular formula is C13H20N6O2. The quantitative estimate of drug-likeness (QED) is 0.840. The normalized spacial score (nSPS) is 23.0. The molecule has 3 amide bonds. The van der Waals surface area contributed by atoms with E-state index in [0.717, 1.165) is 25.8 Å². The highest BCUT2D eigenvalue weighted by atomic mass is 16.2. The fourth-order valence-corrected chi connectivity index (χ4v) is 2.90. The van der Waals surface area contributed by atoms with Gasteiger partial charge in [0.15, 0.2) is 0 Å². The first kappa shape index (κ1) is 13.8. The predicted molar refractivity (Wildman–Crippen MR) is 74.5 cm³/mol. The molecule has 2 fully saturated rings. The van der Waals surface area contributed by atoms with Gasteiger partial charge in [0.05, 0.1) is 6.04 Å². The fraction of sp³-hybridized carbons (Fsp3) is 0.692. The third kappa shape index (κ3) is 3.14. The molecule has 21 heavy (non-hydrogen) atoms. The molecule has 0 unspecified atom stereocenters. The molecule has 1 atom stereocenters. The van der Waals surface area contributed by atoms with Crippen molar-refractivity contribution < 1.29 is 9.59 Å². The first-order chi connectivity index (χ1) is 10.2. The molecule has 2 aliphatic heterocycles. The number of urea groups is 1. The minimum absolute atomic E-state index is 0.0110. The van der Waals surface area contributed by atoms with Crippen LogP contribution in [-0.4, -0.2) is 69.2 Å². The van der Waals surface area contributed by atoms with E-state index in [2.05, 4.69) is 15.4 Å². The number of nitrogens with one attached hydrogen (secondary N) is 1.